The number of methoxy groups -OCH3 is 1. The normalized spacial score (nSPS) is 11.5. The Labute approximate surface area is 162 Å². The van der Waals surface area contributed by atoms with Crippen molar-refractivity contribution in [1.82, 2.24) is 5.32 Å². The zero-order chi connectivity index (χ0) is 20.5. The number of halogens is 1. The minimum absolute atomic E-state index is 0.0650. The van der Waals surface area contributed by atoms with Gasteiger partial charge in [0.2, 0.25) is 5.91 Å². The summed E-state index contributed by atoms with van der Waals surface area (Å²) in [6, 6.07) is 12.9. The van der Waals surface area contributed by atoms with Crippen LogP contribution in [0.4, 0.5) is 4.39 Å². The van der Waals surface area contributed by atoms with E-state index in [-0.39, 0.29) is 25.1 Å². The molecular weight excluding hydrogens is 365 g/mol. The van der Waals surface area contributed by atoms with Crippen LogP contribution in [-0.4, -0.2) is 36.1 Å². The first-order valence-corrected chi connectivity index (χ1v) is 8.80. The maximum Gasteiger partial charge on any atom is 0.306 e. The molecule has 28 heavy (non-hydrogen) atoms. The zero-order valence-corrected chi connectivity index (χ0v) is 15.5. The fourth-order valence-corrected chi connectivity index (χ4v) is 2.79. The molecule has 1 amide bonds. The predicted molar refractivity (Wildman–Crippen MR) is 101 cm³/mol. The van der Waals surface area contributed by atoms with E-state index >= 15 is 0 Å². The number of benzene rings is 2. The summed E-state index contributed by atoms with van der Waals surface area (Å²) >= 11 is 0. The maximum atomic E-state index is 13.4. The second kappa shape index (κ2) is 10.2. The van der Waals surface area contributed by atoms with Crippen molar-refractivity contribution in [3.63, 3.8) is 0 Å². The standard InChI is InChI=1S/C21H22FNO5/c1-28-21(27)10-9-19(24)23-18(13-20(25)26)11-14-5-7-15(8-6-14)16-3-2-4-17(22)12-16/h2-8,12,18H,9-11,13H2,1H3,(H,23,24)(H,25,26). The van der Waals surface area contributed by atoms with E-state index in [1.54, 1.807) is 12.1 Å². The van der Waals surface area contributed by atoms with Gasteiger partial charge >= 0.3 is 11.9 Å². The van der Waals surface area contributed by atoms with Gasteiger partial charge < -0.3 is 15.2 Å². The lowest BCUT2D eigenvalue weighted by Gasteiger charge is -2.17. The van der Waals surface area contributed by atoms with E-state index in [2.05, 4.69) is 10.1 Å². The van der Waals surface area contributed by atoms with Gasteiger partial charge in [0.15, 0.2) is 0 Å². The molecule has 0 aliphatic heterocycles. The molecule has 0 saturated carbocycles. The molecule has 1 unspecified atom stereocenters. The van der Waals surface area contributed by atoms with Crippen molar-refractivity contribution in [2.75, 3.05) is 7.11 Å². The predicted octanol–water partition coefficient (Wildman–Crippen LogP) is 2.95. The van der Waals surface area contributed by atoms with Gasteiger partial charge in [-0.2, -0.15) is 0 Å². The molecule has 0 bridgehead atoms. The maximum absolute atomic E-state index is 13.4. The first kappa shape index (κ1) is 21.1. The molecule has 2 aromatic rings. The number of carbonyl (C=O) groups is 3. The summed E-state index contributed by atoms with van der Waals surface area (Å²) in [4.78, 5) is 34.2. The van der Waals surface area contributed by atoms with Crippen LogP contribution >= 0.6 is 0 Å². The number of nitrogens with one attached hydrogen (secondary N) is 1. The van der Waals surface area contributed by atoms with E-state index in [1.807, 2.05) is 24.3 Å². The lowest BCUT2D eigenvalue weighted by atomic mass is 9.99. The third-order valence-corrected chi connectivity index (χ3v) is 4.16. The number of amides is 1. The van der Waals surface area contributed by atoms with Crippen molar-refractivity contribution in [2.24, 2.45) is 0 Å². The van der Waals surface area contributed by atoms with Gasteiger partial charge in [0, 0.05) is 12.5 Å². The van der Waals surface area contributed by atoms with Crippen LogP contribution in [0, 0.1) is 5.82 Å². The first-order chi connectivity index (χ1) is 13.4. The van der Waals surface area contributed by atoms with Gasteiger partial charge in [0.05, 0.1) is 20.0 Å². The average molecular weight is 387 g/mol. The minimum Gasteiger partial charge on any atom is -0.481 e. The molecule has 0 radical (unpaired) electrons. The Balaban J connectivity index is 2.02. The number of carboxylic acid groups (broad SMARTS) is 1. The summed E-state index contributed by atoms with van der Waals surface area (Å²) in [6.45, 7) is 0. The van der Waals surface area contributed by atoms with Gasteiger partial charge in [-0.3, -0.25) is 14.4 Å². The number of ether oxygens (including phenoxy) is 1. The summed E-state index contributed by atoms with van der Waals surface area (Å²) in [5.41, 5.74) is 2.41. The molecule has 0 saturated heterocycles. The van der Waals surface area contributed by atoms with Crippen molar-refractivity contribution in [3.05, 3.63) is 59.9 Å². The molecule has 1 atom stereocenters. The topological polar surface area (TPSA) is 92.7 Å². The van der Waals surface area contributed by atoms with Gasteiger partial charge in [-0.1, -0.05) is 36.4 Å². The molecule has 6 nitrogen and oxygen atoms in total. The number of hydrogen-bond acceptors (Lipinski definition) is 4. The second-order valence-corrected chi connectivity index (χ2v) is 6.35. The van der Waals surface area contributed by atoms with Crippen molar-refractivity contribution >= 4 is 17.8 Å². The summed E-state index contributed by atoms with van der Waals surface area (Å²) in [7, 11) is 1.24. The van der Waals surface area contributed by atoms with E-state index in [1.165, 1.54) is 19.2 Å². The number of hydrogen-bond donors (Lipinski definition) is 2. The van der Waals surface area contributed by atoms with Crippen LogP contribution in [0.15, 0.2) is 48.5 Å². The van der Waals surface area contributed by atoms with Crippen LogP contribution in [-0.2, 0) is 25.5 Å². The Kier molecular flexibility index (Phi) is 7.68. The van der Waals surface area contributed by atoms with E-state index < -0.39 is 23.9 Å². The van der Waals surface area contributed by atoms with Crippen LogP contribution in [0.25, 0.3) is 11.1 Å². The van der Waals surface area contributed by atoms with Crippen LogP contribution in [0.3, 0.4) is 0 Å². The third kappa shape index (κ3) is 6.83. The Morgan fingerprint density at radius 2 is 1.79 bits per heavy atom. The summed E-state index contributed by atoms with van der Waals surface area (Å²) < 4.78 is 17.8. The Morgan fingerprint density at radius 1 is 1.07 bits per heavy atom. The van der Waals surface area contributed by atoms with Crippen LogP contribution in [0.1, 0.15) is 24.8 Å². The highest BCUT2D eigenvalue weighted by Gasteiger charge is 2.17. The Morgan fingerprint density at radius 3 is 2.39 bits per heavy atom. The molecule has 0 fully saturated rings. The molecule has 0 aromatic heterocycles. The van der Waals surface area contributed by atoms with Gasteiger partial charge in [-0.15, -0.1) is 0 Å². The third-order valence-electron chi connectivity index (χ3n) is 4.16. The molecule has 0 aliphatic rings. The lowest BCUT2D eigenvalue weighted by molar-refractivity contribution is -0.142. The van der Waals surface area contributed by atoms with E-state index in [4.69, 9.17) is 5.11 Å². The van der Waals surface area contributed by atoms with Gasteiger partial charge in [0.1, 0.15) is 5.82 Å². The van der Waals surface area contributed by atoms with E-state index in [0.717, 1.165) is 16.7 Å². The summed E-state index contributed by atoms with van der Waals surface area (Å²) in [5.74, 6) is -2.27. The minimum atomic E-state index is -1.03. The number of rotatable bonds is 9. The SMILES string of the molecule is COC(=O)CCC(=O)NC(CC(=O)O)Cc1ccc(-c2cccc(F)c2)cc1. The fraction of sp³-hybridized carbons (Fsp3) is 0.286. The van der Waals surface area contributed by atoms with Crippen LogP contribution < -0.4 is 5.32 Å². The molecule has 0 aliphatic carbocycles. The molecule has 0 spiro atoms. The number of carbonyl (C=O) groups excluding carboxylic acids is 2. The highest BCUT2D eigenvalue weighted by molar-refractivity contribution is 5.82. The van der Waals surface area contributed by atoms with Crippen molar-refractivity contribution in [2.45, 2.75) is 31.7 Å². The smallest absolute Gasteiger partial charge is 0.306 e. The number of esters is 1. The van der Waals surface area contributed by atoms with Crippen LogP contribution in [0.2, 0.25) is 0 Å². The highest BCUT2D eigenvalue weighted by atomic mass is 19.1. The van der Waals surface area contributed by atoms with Crippen molar-refractivity contribution in [3.8, 4) is 11.1 Å². The molecular formula is C21H22FNO5. The lowest BCUT2D eigenvalue weighted by Crippen LogP contribution is -2.38. The van der Waals surface area contributed by atoms with E-state index in [9.17, 15) is 18.8 Å². The van der Waals surface area contributed by atoms with Crippen molar-refractivity contribution < 1.29 is 28.6 Å². The molecule has 2 N–H and O–H groups in total. The molecule has 2 rings (SSSR count). The highest BCUT2D eigenvalue weighted by Crippen LogP contribution is 2.21. The molecule has 148 valence electrons. The van der Waals surface area contributed by atoms with Crippen LogP contribution in [0.5, 0.6) is 0 Å². The Bertz CT molecular complexity index is 835. The second-order valence-electron chi connectivity index (χ2n) is 6.35. The zero-order valence-electron chi connectivity index (χ0n) is 15.5. The van der Waals surface area contributed by atoms with Gasteiger partial charge in [0.25, 0.3) is 0 Å². The molecule has 2 aromatic carbocycles. The summed E-state index contributed by atoms with van der Waals surface area (Å²) in [5, 5.41) is 11.7. The van der Waals surface area contributed by atoms with Crippen molar-refractivity contribution in [1.29, 1.82) is 0 Å². The Hall–Kier alpha value is -3.22. The van der Waals surface area contributed by atoms with Gasteiger partial charge in [-0.05, 0) is 35.2 Å². The van der Waals surface area contributed by atoms with E-state index in [0.29, 0.717) is 6.42 Å². The van der Waals surface area contributed by atoms with Gasteiger partial charge in [-0.25, -0.2) is 4.39 Å². The fourth-order valence-electron chi connectivity index (χ4n) is 2.79. The number of carboxylic acids is 1. The number of aliphatic carboxylic acids is 1. The first-order valence-electron chi connectivity index (χ1n) is 8.80. The molecule has 0 heterocycles. The largest absolute Gasteiger partial charge is 0.481 e. The quantitative estimate of drug-likeness (QED) is 0.646. The summed E-state index contributed by atoms with van der Waals surface area (Å²) in [6.07, 6.45) is -0.0545. The monoisotopic (exact) mass is 387 g/mol. The average Bonchev–Trinajstić information content (AvgIpc) is 2.66. The molecule has 7 heteroatoms.